The Morgan fingerprint density at radius 3 is 2.52 bits per heavy atom. The van der Waals surface area contributed by atoms with Gasteiger partial charge in [0.05, 0.1) is 13.2 Å². The Hall–Kier alpha value is -2.23. The molecular formula is C20H20NO2+. The van der Waals surface area contributed by atoms with E-state index in [2.05, 4.69) is 72.3 Å². The van der Waals surface area contributed by atoms with Gasteiger partial charge in [-0.1, -0.05) is 42.5 Å². The molecule has 2 heterocycles. The van der Waals surface area contributed by atoms with Crippen molar-refractivity contribution in [2.24, 2.45) is 0 Å². The van der Waals surface area contributed by atoms with Gasteiger partial charge < -0.3 is 9.47 Å². The highest BCUT2D eigenvalue weighted by atomic mass is 16.7. The first kappa shape index (κ1) is 14.4. The van der Waals surface area contributed by atoms with Crippen molar-refractivity contribution in [3.8, 4) is 0 Å². The van der Waals surface area contributed by atoms with Gasteiger partial charge in [0.2, 0.25) is 12.0 Å². The molecule has 3 aromatic rings. The van der Waals surface area contributed by atoms with Gasteiger partial charge in [-0.2, -0.15) is 4.57 Å². The molecule has 0 radical (unpaired) electrons. The lowest BCUT2D eigenvalue weighted by Gasteiger charge is -2.15. The van der Waals surface area contributed by atoms with E-state index in [4.69, 9.17) is 9.47 Å². The zero-order valence-electron chi connectivity index (χ0n) is 13.2. The average Bonchev–Trinajstić information content (AvgIpc) is 3.15. The number of nitrogens with zero attached hydrogens (tertiary/aromatic N) is 1. The average molecular weight is 306 g/mol. The maximum absolute atomic E-state index is 5.71. The summed E-state index contributed by atoms with van der Waals surface area (Å²) < 4.78 is 13.7. The van der Waals surface area contributed by atoms with Gasteiger partial charge in [0, 0.05) is 24.6 Å². The van der Waals surface area contributed by atoms with E-state index in [1.54, 1.807) is 0 Å². The fraction of sp³-hybridized carbons (Fsp3) is 0.250. The number of fused-ring (bicyclic) bond motifs is 1. The van der Waals surface area contributed by atoms with E-state index in [-0.39, 0.29) is 12.3 Å². The summed E-state index contributed by atoms with van der Waals surface area (Å²) in [4.78, 5) is 0. The quantitative estimate of drug-likeness (QED) is 0.687. The van der Waals surface area contributed by atoms with E-state index in [1.807, 2.05) is 6.07 Å². The molecule has 1 unspecified atom stereocenters. The molecule has 1 aliphatic rings. The van der Waals surface area contributed by atoms with Crippen LogP contribution in [-0.2, 0) is 9.47 Å². The summed E-state index contributed by atoms with van der Waals surface area (Å²) in [6.07, 6.45) is 1.83. The van der Waals surface area contributed by atoms with Crippen molar-refractivity contribution in [3.05, 3.63) is 78.1 Å². The van der Waals surface area contributed by atoms with E-state index in [0.717, 1.165) is 5.69 Å². The zero-order chi connectivity index (χ0) is 15.6. The first-order chi connectivity index (χ1) is 11.3. The van der Waals surface area contributed by atoms with E-state index in [0.29, 0.717) is 13.2 Å². The van der Waals surface area contributed by atoms with Crippen LogP contribution in [0.2, 0.25) is 0 Å². The molecule has 1 atom stereocenters. The Kier molecular flexibility index (Phi) is 3.82. The van der Waals surface area contributed by atoms with Crippen LogP contribution >= 0.6 is 0 Å². The first-order valence-corrected chi connectivity index (χ1v) is 8.05. The van der Waals surface area contributed by atoms with Crippen molar-refractivity contribution in [2.75, 3.05) is 13.2 Å². The molecule has 1 aliphatic heterocycles. The van der Waals surface area contributed by atoms with Gasteiger partial charge in [0.15, 0.2) is 12.2 Å². The van der Waals surface area contributed by atoms with Gasteiger partial charge in [-0.25, -0.2) is 0 Å². The fourth-order valence-corrected chi connectivity index (χ4v) is 3.32. The van der Waals surface area contributed by atoms with Gasteiger partial charge in [-0.3, -0.25) is 0 Å². The topological polar surface area (TPSA) is 22.3 Å². The molecule has 0 spiro atoms. The van der Waals surface area contributed by atoms with Crippen molar-refractivity contribution < 1.29 is 14.0 Å². The largest absolute Gasteiger partial charge is 0.341 e. The summed E-state index contributed by atoms with van der Waals surface area (Å²) >= 11 is 0. The van der Waals surface area contributed by atoms with Crippen molar-refractivity contribution >= 4 is 10.8 Å². The maximum Gasteiger partial charge on any atom is 0.245 e. The number of hydrogen-bond donors (Lipinski definition) is 0. The van der Waals surface area contributed by atoms with Crippen LogP contribution in [0.4, 0.5) is 0 Å². The molecule has 1 fully saturated rings. The summed E-state index contributed by atoms with van der Waals surface area (Å²) in [5.74, 6) is 0. The van der Waals surface area contributed by atoms with Crippen LogP contribution in [0.1, 0.15) is 30.5 Å². The van der Waals surface area contributed by atoms with Crippen LogP contribution in [0.5, 0.6) is 0 Å². The smallest absolute Gasteiger partial charge is 0.245 e. The Bertz CT molecular complexity index is 819. The highest BCUT2D eigenvalue weighted by Crippen LogP contribution is 2.26. The van der Waals surface area contributed by atoms with E-state index >= 15 is 0 Å². The Morgan fingerprint density at radius 2 is 1.65 bits per heavy atom. The van der Waals surface area contributed by atoms with Gasteiger partial charge in [0.25, 0.3) is 0 Å². The van der Waals surface area contributed by atoms with Gasteiger partial charge in [0.1, 0.15) is 0 Å². The zero-order valence-corrected chi connectivity index (χ0v) is 13.2. The lowest BCUT2D eigenvalue weighted by atomic mass is 9.99. The molecule has 1 saturated heterocycles. The number of benzene rings is 2. The standard InChI is InChI=1S/C20H20NO2/c1-15(17-10-6-8-16-7-2-3-9-18(16)17)21-12-5-4-11-19(21)20-22-13-14-23-20/h2-12,15,20H,13-14H2,1H3/q+1. The summed E-state index contributed by atoms with van der Waals surface area (Å²) in [5, 5.41) is 2.56. The Labute approximate surface area is 136 Å². The van der Waals surface area contributed by atoms with E-state index in [9.17, 15) is 0 Å². The van der Waals surface area contributed by atoms with Gasteiger partial charge in [-0.05, 0) is 16.8 Å². The minimum atomic E-state index is -0.270. The molecule has 116 valence electrons. The number of aromatic nitrogens is 1. The number of ether oxygens (including phenoxy) is 2. The van der Waals surface area contributed by atoms with Crippen LogP contribution < -0.4 is 4.57 Å². The second kappa shape index (κ2) is 6.11. The number of hydrogen-bond acceptors (Lipinski definition) is 2. The normalized spacial score (nSPS) is 16.7. The molecule has 0 aliphatic carbocycles. The molecule has 0 N–H and O–H groups in total. The Balaban J connectivity index is 1.81. The third kappa shape index (κ3) is 2.62. The van der Waals surface area contributed by atoms with Gasteiger partial charge >= 0.3 is 0 Å². The molecule has 0 amide bonds. The van der Waals surface area contributed by atoms with Crippen molar-refractivity contribution in [3.63, 3.8) is 0 Å². The number of rotatable bonds is 3. The third-order valence-corrected chi connectivity index (χ3v) is 4.48. The van der Waals surface area contributed by atoms with Crippen molar-refractivity contribution in [1.29, 1.82) is 0 Å². The van der Waals surface area contributed by atoms with Crippen LogP contribution in [0.15, 0.2) is 66.9 Å². The molecule has 0 saturated carbocycles. The van der Waals surface area contributed by atoms with Gasteiger partial charge in [-0.15, -0.1) is 0 Å². The minimum absolute atomic E-state index is 0.199. The predicted octanol–water partition coefficient (Wildman–Crippen LogP) is 3.78. The van der Waals surface area contributed by atoms with Crippen LogP contribution in [0.25, 0.3) is 10.8 Å². The highest BCUT2D eigenvalue weighted by Gasteiger charge is 2.30. The third-order valence-electron chi connectivity index (χ3n) is 4.48. The Morgan fingerprint density at radius 1 is 0.913 bits per heavy atom. The molecule has 3 heteroatoms. The van der Waals surface area contributed by atoms with Crippen molar-refractivity contribution in [1.82, 2.24) is 0 Å². The molecule has 2 aromatic carbocycles. The summed E-state index contributed by atoms with van der Waals surface area (Å²) in [7, 11) is 0. The second-order valence-corrected chi connectivity index (χ2v) is 5.85. The lowest BCUT2D eigenvalue weighted by molar-refractivity contribution is -0.722. The molecule has 1 aromatic heterocycles. The molecular weight excluding hydrogens is 286 g/mol. The van der Waals surface area contributed by atoms with Crippen LogP contribution in [-0.4, -0.2) is 13.2 Å². The first-order valence-electron chi connectivity index (χ1n) is 8.05. The number of pyridine rings is 1. The summed E-state index contributed by atoms with van der Waals surface area (Å²) in [5.41, 5.74) is 2.36. The molecule has 4 rings (SSSR count). The molecule has 0 bridgehead atoms. The van der Waals surface area contributed by atoms with E-state index < -0.39 is 0 Å². The second-order valence-electron chi connectivity index (χ2n) is 5.85. The minimum Gasteiger partial charge on any atom is -0.341 e. The predicted molar refractivity (Wildman–Crippen MR) is 89.0 cm³/mol. The fourth-order valence-electron chi connectivity index (χ4n) is 3.32. The van der Waals surface area contributed by atoms with E-state index in [1.165, 1.54) is 16.3 Å². The summed E-state index contributed by atoms with van der Waals surface area (Å²) in [6.45, 7) is 3.53. The monoisotopic (exact) mass is 306 g/mol. The maximum atomic E-state index is 5.71. The van der Waals surface area contributed by atoms with Crippen LogP contribution in [0, 0.1) is 0 Å². The summed E-state index contributed by atoms with van der Waals surface area (Å²) in [6, 6.07) is 21.4. The van der Waals surface area contributed by atoms with Crippen molar-refractivity contribution in [2.45, 2.75) is 19.3 Å². The SMILES string of the molecule is CC(c1cccc2ccccc12)[n+]1ccccc1C1OCCO1. The highest BCUT2D eigenvalue weighted by molar-refractivity contribution is 5.85. The molecule has 23 heavy (non-hydrogen) atoms. The molecule has 3 nitrogen and oxygen atoms in total. The lowest BCUT2D eigenvalue weighted by Crippen LogP contribution is -2.43. The van der Waals surface area contributed by atoms with Crippen LogP contribution in [0.3, 0.4) is 0 Å².